The van der Waals surface area contributed by atoms with Crippen LogP contribution in [0.25, 0.3) is 10.5 Å². The Hall–Kier alpha value is -3.08. The molecule has 0 radical (unpaired) electrons. The van der Waals surface area contributed by atoms with E-state index in [1.807, 2.05) is 11.0 Å². The number of amides is 1. The Morgan fingerprint density at radius 2 is 1.43 bits per heavy atom. The molecule has 4 nitrogen and oxygen atoms in total. The fourth-order valence-electron chi connectivity index (χ4n) is 4.64. The van der Waals surface area contributed by atoms with Gasteiger partial charge in [0.05, 0.1) is 4.88 Å². The maximum absolute atomic E-state index is 13.1. The third-order valence-electron chi connectivity index (χ3n) is 6.87. The van der Waals surface area contributed by atoms with Gasteiger partial charge in [-0.3, -0.25) is 4.79 Å². The predicted molar refractivity (Wildman–Crippen MR) is 174 cm³/mol. The van der Waals surface area contributed by atoms with E-state index in [2.05, 4.69) is 104 Å². The molecule has 0 spiro atoms. The summed E-state index contributed by atoms with van der Waals surface area (Å²) in [6, 6.07) is 12.8. The first-order chi connectivity index (χ1) is 20.3. The number of hydrogen-bond acceptors (Lipinski definition) is 4. The van der Waals surface area contributed by atoms with E-state index in [9.17, 15) is 30.0 Å². The molecular formula is C31H34F6N3OPS2. The van der Waals surface area contributed by atoms with Gasteiger partial charge in [0.15, 0.2) is 5.71 Å². The fraction of sp³-hybridized carbons (Fsp3) is 0.290. The number of halogens is 6. The monoisotopic (exact) mass is 673 g/mol. The molecule has 1 fully saturated rings. The number of thioether (sulfide) groups is 1. The average Bonchev–Trinajstić information content (AvgIpc) is 3.46. The normalized spacial score (nSPS) is 18.5. The first kappa shape index (κ1) is 33.8. The number of thiophene rings is 1. The molecule has 3 heterocycles. The van der Waals surface area contributed by atoms with Crippen LogP contribution in [0.4, 0.5) is 30.9 Å². The van der Waals surface area contributed by atoms with E-state index in [0.717, 1.165) is 41.3 Å². The third kappa shape index (κ3) is 10.2. The Balaban J connectivity index is 0.000000566. The number of carbonyl (C=O) groups excluding carboxylic acids is 1. The van der Waals surface area contributed by atoms with Crippen LogP contribution in [0.5, 0.6) is 0 Å². The average molecular weight is 674 g/mol. The summed E-state index contributed by atoms with van der Waals surface area (Å²) in [5.74, 6) is 0.175. The van der Waals surface area contributed by atoms with Gasteiger partial charge in [-0.2, -0.15) is 0 Å². The van der Waals surface area contributed by atoms with Crippen molar-refractivity contribution in [2.24, 2.45) is 0 Å². The molecular weight excluding hydrogens is 639 g/mol. The minimum atomic E-state index is -10.7. The van der Waals surface area contributed by atoms with Gasteiger partial charge in [0.2, 0.25) is 0 Å². The fourth-order valence-corrected chi connectivity index (χ4v) is 6.71. The van der Waals surface area contributed by atoms with Gasteiger partial charge in [-0.1, -0.05) is 23.9 Å². The van der Waals surface area contributed by atoms with E-state index in [-0.39, 0.29) is 5.91 Å². The molecule has 0 N–H and O–H groups in total. The molecule has 0 saturated carbocycles. The van der Waals surface area contributed by atoms with Crippen LogP contribution < -0.4 is 4.90 Å². The van der Waals surface area contributed by atoms with Crippen LogP contribution in [0.15, 0.2) is 83.3 Å². The van der Waals surface area contributed by atoms with Gasteiger partial charge in [-0.25, -0.2) is 4.58 Å². The van der Waals surface area contributed by atoms with Gasteiger partial charge in [-0.05, 0) is 84.5 Å². The van der Waals surface area contributed by atoms with Gasteiger partial charge in [0.25, 0.3) is 5.91 Å². The van der Waals surface area contributed by atoms with E-state index in [1.165, 1.54) is 38.8 Å². The van der Waals surface area contributed by atoms with Gasteiger partial charge in [0, 0.05) is 59.7 Å². The molecule has 1 aromatic carbocycles. The van der Waals surface area contributed by atoms with E-state index in [1.54, 1.807) is 23.1 Å². The summed E-state index contributed by atoms with van der Waals surface area (Å²) in [5.41, 5.74) is 5.92. The summed E-state index contributed by atoms with van der Waals surface area (Å²) in [5, 5.41) is 0. The molecule has 13 heteroatoms. The number of carbonyl (C=O) groups is 1. The van der Waals surface area contributed by atoms with Crippen molar-refractivity contribution in [3.8, 4) is 0 Å². The summed E-state index contributed by atoms with van der Waals surface area (Å²) in [6.07, 6.45) is 16.7. The van der Waals surface area contributed by atoms with Crippen molar-refractivity contribution in [2.45, 2.75) is 19.3 Å². The second-order valence-corrected chi connectivity index (χ2v) is 15.0. The van der Waals surface area contributed by atoms with Crippen LogP contribution in [0, 0.1) is 0 Å². The standard InChI is InChI=1S/C31H34N3OS2.F6P/c1-32(2)25-12-8-22(9-13-25)29-20-24(21-30(37-29)23-10-14-26(15-11-23)33(3)4)27-16-17-28(36-27)31(35)34-18-6-5-7-19-34;1-7(2,3,4,5)6/h8-17,20-21H,5-7,18-19H2,1-4H3;/q+1;-1. The van der Waals surface area contributed by atoms with Crippen LogP contribution in [-0.4, -0.2) is 62.4 Å². The molecule has 1 aliphatic carbocycles. The second-order valence-electron chi connectivity index (χ2n) is 10.9. The molecule has 0 bridgehead atoms. The Morgan fingerprint density at radius 1 is 0.841 bits per heavy atom. The van der Waals surface area contributed by atoms with Crippen molar-refractivity contribution in [3.05, 3.63) is 98.7 Å². The first-order valence-electron chi connectivity index (χ1n) is 13.8. The molecule has 0 unspecified atom stereocenters. The third-order valence-corrected chi connectivity index (χ3v) is 9.14. The molecule has 1 amide bonds. The SMILES string of the molecule is CN(C)c1ccc(C2=CC(c3ccc(C(=O)N4CCCCC4)s3)=CC(=C3C=CC(=[N+](C)C)C=C3)S2)cc1.F[P-](F)(F)(F)(F)F. The zero-order valence-electron chi connectivity index (χ0n) is 24.7. The summed E-state index contributed by atoms with van der Waals surface area (Å²) in [7, 11) is -2.41. The molecule has 44 heavy (non-hydrogen) atoms. The number of anilines is 1. The van der Waals surface area contributed by atoms with Crippen LogP contribution in [0.1, 0.15) is 39.4 Å². The van der Waals surface area contributed by atoms with Crippen LogP contribution in [0.3, 0.4) is 0 Å². The zero-order valence-corrected chi connectivity index (χ0v) is 27.3. The second kappa shape index (κ2) is 12.4. The summed E-state index contributed by atoms with van der Waals surface area (Å²) < 4.78 is 61.3. The molecule has 1 saturated heterocycles. The van der Waals surface area contributed by atoms with E-state index in [4.69, 9.17) is 0 Å². The molecule has 3 aliphatic rings. The topological polar surface area (TPSA) is 26.6 Å². The Kier molecular flexibility index (Phi) is 9.50. The molecule has 2 aliphatic heterocycles. The quantitative estimate of drug-likeness (QED) is 0.184. The summed E-state index contributed by atoms with van der Waals surface area (Å²) in [6.45, 7) is 1.75. The van der Waals surface area contributed by atoms with Gasteiger partial charge >= 0.3 is 33.0 Å². The first-order valence-corrected chi connectivity index (χ1v) is 17.5. The maximum atomic E-state index is 13.1. The van der Waals surface area contributed by atoms with Crippen LogP contribution in [-0.2, 0) is 0 Å². The van der Waals surface area contributed by atoms with Crippen molar-refractivity contribution in [1.82, 2.24) is 4.90 Å². The number of allylic oxidation sites excluding steroid dienone is 8. The number of rotatable bonds is 4. The molecule has 1 aromatic heterocycles. The van der Waals surface area contributed by atoms with Crippen molar-refractivity contribution in [3.63, 3.8) is 0 Å². The summed E-state index contributed by atoms with van der Waals surface area (Å²) in [4.78, 5) is 21.7. The van der Waals surface area contributed by atoms with Crippen LogP contribution >= 0.6 is 30.9 Å². The van der Waals surface area contributed by atoms with Crippen LogP contribution in [0.2, 0.25) is 0 Å². The van der Waals surface area contributed by atoms with Gasteiger partial charge < -0.3 is 9.80 Å². The van der Waals surface area contributed by atoms with E-state index >= 15 is 0 Å². The predicted octanol–water partition coefficient (Wildman–Crippen LogP) is 10.1. The number of hydrogen-bond donors (Lipinski definition) is 0. The summed E-state index contributed by atoms with van der Waals surface area (Å²) >= 11 is 3.41. The molecule has 0 atom stereocenters. The number of nitrogens with zero attached hydrogens (tertiary/aromatic N) is 3. The number of likely N-dealkylation sites (tertiary alicyclic amines) is 1. The van der Waals surface area contributed by atoms with Gasteiger partial charge in [0.1, 0.15) is 14.1 Å². The Labute approximate surface area is 261 Å². The van der Waals surface area contributed by atoms with Gasteiger partial charge in [-0.15, -0.1) is 11.3 Å². The molecule has 238 valence electrons. The number of benzene rings is 1. The zero-order chi connectivity index (χ0) is 32.3. The molecule has 5 rings (SSSR count). The molecule has 2 aromatic rings. The van der Waals surface area contributed by atoms with E-state index in [0.29, 0.717) is 0 Å². The van der Waals surface area contributed by atoms with Crippen molar-refractivity contribution in [2.75, 3.05) is 46.2 Å². The Bertz CT molecular complexity index is 1580. The Morgan fingerprint density at radius 3 is 1.98 bits per heavy atom. The van der Waals surface area contributed by atoms with Crippen molar-refractivity contribution in [1.29, 1.82) is 0 Å². The van der Waals surface area contributed by atoms with Crippen molar-refractivity contribution >= 4 is 58.7 Å². The minimum absolute atomic E-state index is 0.175. The number of piperidine rings is 1. The van der Waals surface area contributed by atoms with Crippen molar-refractivity contribution < 1.29 is 34.6 Å². The van der Waals surface area contributed by atoms with E-state index < -0.39 is 7.81 Å².